The highest BCUT2D eigenvalue weighted by Crippen LogP contribution is 2.55. The first kappa shape index (κ1) is 18.5. The molecule has 2 aromatic rings. The van der Waals surface area contributed by atoms with Gasteiger partial charge in [0.1, 0.15) is 5.75 Å². The van der Waals surface area contributed by atoms with E-state index in [0.29, 0.717) is 11.1 Å². The summed E-state index contributed by atoms with van der Waals surface area (Å²) in [5.41, 5.74) is 1.95. The van der Waals surface area contributed by atoms with Crippen LogP contribution in [0.4, 0.5) is 5.69 Å². The van der Waals surface area contributed by atoms with Crippen molar-refractivity contribution in [3.8, 4) is 11.5 Å². The SMILES string of the molecule is COc1ccc(C2C(=O)c3ccc(OC)c([N+](=O)[O-])c3C3CCCCC32)cc1. The second kappa shape index (κ2) is 7.26. The van der Waals surface area contributed by atoms with Gasteiger partial charge in [-0.3, -0.25) is 14.9 Å². The zero-order valence-electron chi connectivity index (χ0n) is 16.0. The van der Waals surface area contributed by atoms with Gasteiger partial charge >= 0.3 is 5.69 Å². The lowest BCUT2D eigenvalue weighted by Crippen LogP contribution is -2.35. The molecule has 1 saturated carbocycles. The van der Waals surface area contributed by atoms with E-state index in [4.69, 9.17) is 9.47 Å². The van der Waals surface area contributed by atoms with E-state index >= 15 is 0 Å². The van der Waals surface area contributed by atoms with Crippen molar-refractivity contribution in [3.05, 3.63) is 63.2 Å². The van der Waals surface area contributed by atoms with Gasteiger partial charge in [0.2, 0.25) is 0 Å². The lowest BCUT2D eigenvalue weighted by molar-refractivity contribution is -0.386. The fourth-order valence-corrected chi connectivity index (χ4v) is 5.02. The molecular weight excluding hydrogens is 358 g/mol. The Bertz CT molecular complexity index is 921. The zero-order chi connectivity index (χ0) is 19.8. The number of ketones is 1. The lowest BCUT2D eigenvalue weighted by Gasteiger charge is -2.41. The number of carbonyl (C=O) groups is 1. The van der Waals surface area contributed by atoms with Gasteiger partial charge in [0.05, 0.1) is 25.1 Å². The standard InChI is InChI=1S/C22H23NO5/c1-27-14-9-7-13(8-10-14)19-15-5-3-4-6-16(15)20-17(22(19)24)11-12-18(28-2)21(20)23(25)26/h7-12,15-16,19H,3-6H2,1-2H3. The summed E-state index contributed by atoms with van der Waals surface area (Å²) in [6.45, 7) is 0. The van der Waals surface area contributed by atoms with Gasteiger partial charge in [-0.1, -0.05) is 25.0 Å². The van der Waals surface area contributed by atoms with E-state index in [2.05, 4.69) is 0 Å². The minimum absolute atomic E-state index is 0.0101. The fourth-order valence-electron chi connectivity index (χ4n) is 5.02. The Balaban J connectivity index is 1.89. The van der Waals surface area contributed by atoms with E-state index in [9.17, 15) is 14.9 Å². The highest BCUT2D eigenvalue weighted by atomic mass is 16.6. The number of hydrogen-bond acceptors (Lipinski definition) is 5. The van der Waals surface area contributed by atoms with Crippen molar-refractivity contribution in [1.82, 2.24) is 0 Å². The summed E-state index contributed by atoms with van der Waals surface area (Å²) in [6, 6.07) is 10.9. The van der Waals surface area contributed by atoms with Crippen molar-refractivity contribution in [3.63, 3.8) is 0 Å². The number of hydrogen-bond donors (Lipinski definition) is 0. The van der Waals surface area contributed by atoms with Crippen LogP contribution in [-0.2, 0) is 0 Å². The molecule has 6 heteroatoms. The molecule has 6 nitrogen and oxygen atoms in total. The maximum Gasteiger partial charge on any atom is 0.315 e. The Kier molecular flexibility index (Phi) is 4.79. The molecule has 0 amide bonds. The topological polar surface area (TPSA) is 78.7 Å². The number of Topliss-reactive ketones (excluding diaryl/α,β-unsaturated/α-hetero) is 1. The number of nitro groups is 1. The minimum atomic E-state index is -0.398. The Labute approximate surface area is 163 Å². The normalized spacial score (nSPS) is 23.5. The van der Waals surface area contributed by atoms with Crippen LogP contribution >= 0.6 is 0 Å². The summed E-state index contributed by atoms with van der Waals surface area (Å²) in [4.78, 5) is 25.0. The molecule has 2 aromatic carbocycles. The molecule has 2 aliphatic carbocycles. The number of nitrogens with zero attached hydrogens (tertiary/aromatic N) is 1. The van der Waals surface area contributed by atoms with Crippen LogP contribution in [0.1, 0.15) is 59.0 Å². The monoisotopic (exact) mass is 381 g/mol. The number of nitro benzene ring substituents is 1. The zero-order valence-corrected chi connectivity index (χ0v) is 16.0. The predicted molar refractivity (Wildman–Crippen MR) is 104 cm³/mol. The number of methoxy groups -OCH3 is 2. The summed E-state index contributed by atoms with van der Waals surface area (Å²) in [7, 11) is 3.04. The Morgan fingerprint density at radius 3 is 2.36 bits per heavy atom. The maximum absolute atomic E-state index is 13.5. The fraction of sp³-hybridized carbons (Fsp3) is 0.409. The highest BCUT2D eigenvalue weighted by molar-refractivity contribution is 6.05. The summed E-state index contributed by atoms with van der Waals surface area (Å²) < 4.78 is 10.5. The van der Waals surface area contributed by atoms with Crippen LogP contribution < -0.4 is 9.47 Å². The molecule has 3 unspecified atom stereocenters. The number of benzene rings is 2. The molecular formula is C22H23NO5. The first-order valence-corrected chi connectivity index (χ1v) is 9.60. The van der Waals surface area contributed by atoms with Crippen LogP contribution in [0.5, 0.6) is 11.5 Å². The molecule has 0 bridgehead atoms. The molecule has 0 aliphatic heterocycles. The van der Waals surface area contributed by atoms with E-state index in [1.54, 1.807) is 19.2 Å². The van der Waals surface area contributed by atoms with E-state index < -0.39 is 4.92 Å². The average molecular weight is 381 g/mol. The third kappa shape index (κ3) is 2.84. The van der Waals surface area contributed by atoms with Crippen molar-refractivity contribution in [2.75, 3.05) is 14.2 Å². The highest BCUT2D eigenvalue weighted by Gasteiger charge is 2.47. The molecule has 0 aromatic heterocycles. The number of rotatable bonds is 4. The van der Waals surface area contributed by atoms with Gasteiger partial charge in [-0.05, 0) is 54.5 Å². The van der Waals surface area contributed by atoms with Gasteiger partial charge in [0.25, 0.3) is 0 Å². The molecule has 0 spiro atoms. The van der Waals surface area contributed by atoms with Crippen LogP contribution in [0.15, 0.2) is 36.4 Å². The third-order valence-electron chi connectivity index (χ3n) is 6.22. The summed E-state index contributed by atoms with van der Waals surface area (Å²) in [5, 5.41) is 11.9. The van der Waals surface area contributed by atoms with Gasteiger partial charge < -0.3 is 9.47 Å². The Morgan fingerprint density at radius 2 is 1.71 bits per heavy atom. The number of ether oxygens (including phenoxy) is 2. The summed E-state index contributed by atoms with van der Waals surface area (Å²) in [5.74, 6) is 0.708. The largest absolute Gasteiger partial charge is 0.497 e. The third-order valence-corrected chi connectivity index (χ3v) is 6.22. The van der Waals surface area contributed by atoms with Crippen LogP contribution in [0.2, 0.25) is 0 Å². The lowest BCUT2D eigenvalue weighted by atomic mass is 9.60. The molecule has 0 N–H and O–H groups in total. The van der Waals surface area contributed by atoms with Crippen molar-refractivity contribution in [2.24, 2.45) is 5.92 Å². The average Bonchev–Trinajstić information content (AvgIpc) is 2.73. The van der Waals surface area contributed by atoms with Crippen molar-refractivity contribution in [2.45, 2.75) is 37.5 Å². The van der Waals surface area contributed by atoms with Crippen LogP contribution in [0.3, 0.4) is 0 Å². The van der Waals surface area contributed by atoms with Gasteiger partial charge in [-0.2, -0.15) is 0 Å². The van der Waals surface area contributed by atoms with Gasteiger partial charge in [-0.15, -0.1) is 0 Å². The molecule has 3 atom stereocenters. The molecule has 146 valence electrons. The van der Waals surface area contributed by atoms with Crippen molar-refractivity contribution >= 4 is 11.5 Å². The predicted octanol–water partition coefficient (Wildman–Crippen LogP) is 4.87. The molecule has 2 aliphatic rings. The quantitative estimate of drug-likeness (QED) is 0.558. The molecule has 0 radical (unpaired) electrons. The summed E-state index contributed by atoms with van der Waals surface area (Å²) >= 11 is 0. The van der Waals surface area contributed by atoms with E-state index in [1.165, 1.54) is 7.11 Å². The molecule has 4 rings (SSSR count). The number of carbonyl (C=O) groups excluding carboxylic acids is 1. The second-order valence-electron chi connectivity index (χ2n) is 7.50. The van der Waals surface area contributed by atoms with Gasteiger partial charge in [-0.25, -0.2) is 0 Å². The first-order chi connectivity index (χ1) is 13.6. The van der Waals surface area contributed by atoms with E-state index in [0.717, 1.165) is 37.0 Å². The number of fused-ring (bicyclic) bond motifs is 3. The molecule has 1 fully saturated rings. The van der Waals surface area contributed by atoms with Crippen LogP contribution in [0, 0.1) is 16.0 Å². The molecule has 0 saturated heterocycles. The van der Waals surface area contributed by atoms with E-state index in [-0.39, 0.29) is 35.0 Å². The van der Waals surface area contributed by atoms with Crippen LogP contribution in [-0.4, -0.2) is 24.9 Å². The molecule has 0 heterocycles. The first-order valence-electron chi connectivity index (χ1n) is 9.60. The molecule has 28 heavy (non-hydrogen) atoms. The van der Waals surface area contributed by atoms with E-state index in [1.807, 2.05) is 24.3 Å². The Hall–Kier alpha value is -2.89. The van der Waals surface area contributed by atoms with Gasteiger partial charge in [0, 0.05) is 11.1 Å². The van der Waals surface area contributed by atoms with Crippen LogP contribution in [0.25, 0.3) is 0 Å². The maximum atomic E-state index is 13.5. The van der Waals surface area contributed by atoms with Crippen molar-refractivity contribution in [1.29, 1.82) is 0 Å². The van der Waals surface area contributed by atoms with Crippen molar-refractivity contribution < 1.29 is 19.2 Å². The smallest absolute Gasteiger partial charge is 0.315 e. The second-order valence-corrected chi connectivity index (χ2v) is 7.50. The summed E-state index contributed by atoms with van der Waals surface area (Å²) in [6.07, 6.45) is 3.79. The minimum Gasteiger partial charge on any atom is -0.497 e. The Morgan fingerprint density at radius 1 is 1.00 bits per heavy atom. The van der Waals surface area contributed by atoms with Gasteiger partial charge in [0.15, 0.2) is 11.5 Å².